The molecule has 4 N–H and O–H groups in total. The number of hydrogen-bond acceptors (Lipinski definition) is 5. The van der Waals surface area contributed by atoms with Crippen LogP contribution in [0.5, 0.6) is 5.75 Å². The van der Waals surface area contributed by atoms with Crippen LogP contribution in [-0.2, 0) is 4.79 Å². The first-order valence-corrected chi connectivity index (χ1v) is 6.52. The van der Waals surface area contributed by atoms with Crippen molar-refractivity contribution < 1.29 is 23.8 Å². The van der Waals surface area contributed by atoms with E-state index in [9.17, 15) is 9.59 Å². The van der Waals surface area contributed by atoms with Crippen LogP contribution in [0, 0.1) is 0 Å². The molecule has 0 fully saturated rings. The molecule has 0 spiro atoms. The molecule has 1 aromatic carbocycles. The number of carbonyl (C=O) groups excluding carboxylic acids is 1. The number of carboxylic acids is 1. The predicted octanol–water partition coefficient (Wildman–Crippen LogP) is 1.10. The maximum Gasteiger partial charge on any atom is 0.322 e. The second-order valence-electron chi connectivity index (χ2n) is 4.55. The minimum Gasteiger partial charge on any atom is -0.497 e. The van der Waals surface area contributed by atoms with Crippen LogP contribution >= 0.6 is 0 Å². The van der Waals surface area contributed by atoms with Gasteiger partial charge in [0.25, 0.3) is 5.91 Å². The summed E-state index contributed by atoms with van der Waals surface area (Å²) in [6.07, 6.45) is 0. The number of ether oxygens (including phenoxy) is 1. The summed E-state index contributed by atoms with van der Waals surface area (Å²) in [6, 6.07) is 9.20. The molecule has 7 nitrogen and oxygen atoms in total. The Morgan fingerprint density at radius 3 is 2.55 bits per heavy atom. The molecule has 0 saturated heterocycles. The molecule has 0 aliphatic heterocycles. The number of nitrogens with one attached hydrogen (secondary N) is 1. The number of furan rings is 1. The van der Waals surface area contributed by atoms with Crippen LogP contribution in [0.25, 0.3) is 11.3 Å². The van der Waals surface area contributed by atoms with Gasteiger partial charge in [0.15, 0.2) is 5.76 Å². The third-order valence-electron chi connectivity index (χ3n) is 3.00. The number of carboxylic acid groups (broad SMARTS) is 1. The Morgan fingerprint density at radius 2 is 1.95 bits per heavy atom. The first-order chi connectivity index (χ1) is 10.5. The Labute approximate surface area is 126 Å². The van der Waals surface area contributed by atoms with Gasteiger partial charge in [0.05, 0.1) is 7.11 Å². The largest absolute Gasteiger partial charge is 0.497 e. The Balaban J connectivity index is 2.03. The monoisotopic (exact) mass is 304 g/mol. The van der Waals surface area contributed by atoms with Crippen LogP contribution in [-0.4, -0.2) is 36.7 Å². The van der Waals surface area contributed by atoms with Crippen LogP contribution in [0.2, 0.25) is 0 Å². The second-order valence-corrected chi connectivity index (χ2v) is 4.55. The van der Waals surface area contributed by atoms with Crippen molar-refractivity contribution in [1.29, 1.82) is 0 Å². The molecule has 0 radical (unpaired) electrons. The van der Waals surface area contributed by atoms with Gasteiger partial charge in [-0.2, -0.15) is 0 Å². The summed E-state index contributed by atoms with van der Waals surface area (Å²) >= 11 is 0. The van der Waals surface area contributed by atoms with Gasteiger partial charge in [0.2, 0.25) is 0 Å². The molecule has 7 heteroatoms. The fourth-order valence-electron chi connectivity index (χ4n) is 1.75. The smallest absolute Gasteiger partial charge is 0.322 e. The van der Waals surface area contributed by atoms with Crippen LogP contribution < -0.4 is 15.8 Å². The van der Waals surface area contributed by atoms with E-state index in [-0.39, 0.29) is 12.3 Å². The number of aliphatic carboxylic acids is 1. The molecule has 0 bridgehead atoms. The number of amides is 1. The molecule has 1 heterocycles. The van der Waals surface area contributed by atoms with E-state index < -0.39 is 17.9 Å². The van der Waals surface area contributed by atoms with Crippen LogP contribution in [0.1, 0.15) is 10.6 Å². The van der Waals surface area contributed by atoms with Gasteiger partial charge in [-0.3, -0.25) is 9.59 Å². The van der Waals surface area contributed by atoms with Crippen LogP contribution in [0.4, 0.5) is 0 Å². The Bertz CT molecular complexity index is 663. The first kappa shape index (κ1) is 15.6. The molecule has 116 valence electrons. The lowest BCUT2D eigenvalue weighted by Crippen LogP contribution is -2.42. The highest BCUT2D eigenvalue weighted by Crippen LogP contribution is 2.24. The van der Waals surface area contributed by atoms with Gasteiger partial charge in [0.1, 0.15) is 17.6 Å². The maximum absolute atomic E-state index is 11.8. The molecule has 0 saturated carbocycles. The van der Waals surface area contributed by atoms with Crippen molar-refractivity contribution in [3.8, 4) is 17.1 Å². The zero-order chi connectivity index (χ0) is 16.1. The standard InChI is InChI=1S/C15H16N2O5/c1-21-10-4-2-9(3-5-10)12-6-7-13(22-12)14(18)17-8-11(16)15(19)20/h2-7,11H,8,16H2,1H3,(H,17,18)(H,19,20)/t11-/m1/s1. The maximum atomic E-state index is 11.8. The predicted molar refractivity (Wildman–Crippen MR) is 78.6 cm³/mol. The molecule has 0 aliphatic rings. The van der Waals surface area contributed by atoms with E-state index in [0.717, 1.165) is 11.3 Å². The van der Waals surface area contributed by atoms with E-state index in [1.807, 2.05) is 0 Å². The van der Waals surface area contributed by atoms with E-state index in [4.69, 9.17) is 20.0 Å². The minimum absolute atomic E-state index is 0.0865. The van der Waals surface area contributed by atoms with Gasteiger partial charge in [-0.1, -0.05) is 0 Å². The number of rotatable bonds is 6. The van der Waals surface area contributed by atoms with Crippen molar-refractivity contribution in [3.63, 3.8) is 0 Å². The summed E-state index contributed by atoms with van der Waals surface area (Å²) < 4.78 is 10.5. The normalized spacial score (nSPS) is 11.7. The fourth-order valence-corrected chi connectivity index (χ4v) is 1.75. The molecule has 2 aromatic rings. The van der Waals surface area contributed by atoms with Crippen LogP contribution in [0.15, 0.2) is 40.8 Å². The van der Waals surface area contributed by atoms with Crippen molar-refractivity contribution in [2.24, 2.45) is 5.73 Å². The second kappa shape index (κ2) is 6.77. The molecule has 2 rings (SSSR count). The van der Waals surface area contributed by atoms with Gasteiger partial charge in [-0.15, -0.1) is 0 Å². The molecule has 1 amide bonds. The van der Waals surface area contributed by atoms with Gasteiger partial charge in [0, 0.05) is 12.1 Å². The molecule has 0 aliphatic carbocycles. The van der Waals surface area contributed by atoms with Crippen molar-refractivity contribution in [2.45, 2.75) is 6.04 Å². The van der Waals surface area contributed by atoms with Crippen molar-refractivity contribution in [1.82, 2.24) is 5.32 Å². The van der Waals surface area contributed by atoms with Gasteiger partial charge < -0.3 is 25.3 Å². The minimum atomic E-state index is -1.18. The molecular weight excluding hydrogens is 288 g/mol. The summed E-state index contributed by atoms with van der Waals surface area (Å²) in [5, 5.41) is 11.1. The van der Waals surface area contributed by atoms with Crippen molar-refractivity contribution in [3.05, 3.63) is 42.2 Å². The van der Waals surface area contributed by atoms with E-state index in [0.29, 0.717) is 5.76 Å². The van der Waals surface area contributed by atoms with Crippen molar-refractivity contribution >= 4 is 11.9 Å². The molecule has 0 unspecified atom stereocenters. The summed E-state index contributed by atoms with van der Waals surface area (Å²) in [7, 11) is 1.58. The third kappa shape index (κ3) is 3.64. The fraction of sp³-hybridized carbons (Fsp3) is 0.200. The number of methoxy groups -OCH3 is 1. The number of carbonyl (C=O) groups is 2. The molecular formula is C15H16N2O5. The zero-order valence-electron chi connectivity index (χ0n) is 11.9. The lowest BCUT2D eigenvalue weighted by Gasteiger charge is -2.06. The summed E-state index contributed by atoms with van der Waals surface area (Å²) in [5.74, 6) is -0.371. The van der Waals surface area contributed by atoms with Crippen molar-refractivity contribution in [2.75, 3.05) is 13.7 Å². The number of nitrogens with two attached hydrogens (primary N) is 1. The molecule has 1 atom stereocenters. The molecule has 1 aromatic heterocycles. The number of benzene rings is 1. The zero-order valence-corrected chi connectivity index (χ0v) is 11.9. The van der Waals surface area contributed by atoms with E-state index in [1.54, 1.807) is 37.4 Å². The molecule has 22 heavy (non-hydrogen) atoms. The lowest BCUT2D eigenvalue weighted by molar-refractivity contribution is -0.138. The highest BCUT2D eigenvalue weighted by atomic mass is 16.5. The Hall–Kier alpha value is -2.80. The first-order valence-electron chi connectivity index (χ1n) is 6.52. The Morgan fingerprint density at radius 1 is 1.27 bits per heavy atom. The topological polar surface area (TPSA) is 115 Å². The van der Waals surface area contributed by atoms with E-state index in [1.165, 1.54) is 6.07 Å². The van der Waals surface area contributed by atoms with Gasteiger partial charge >= 0.3 is 5.97 Å². The van der Waals surface area contributed by atoms with Gasteiger partial charge in [-0.05, 0) is 36.4 Å². The summed E-state index contributed by atoms with van der Waals surface area (Å²) in [5.41, 5.74) is 6.10. The average Bonchev–Trinajstić information content (AvgIpc) is 3.02. The average molecular weight is 304 g/mol. The summed E-state index contributed by atoms with van der Waals surface area (Å²) in [4.78, 5) is 22.4. The van der Waals surface area contributed by atoms with E-state index >= 15 is 0 Å². The summed E-state index contributed by atoms with van der Waals surface area (Å²) in [6.45, 7) is -0.174. The third-order valence-corrected chi connectivity index (χ3v) is 3.00. The highest BCUT2D eigenvalue weighted by Gasteiger charge is 2.16. The lowest BCUT2D eigenvalue weighted by atomic mass is 10.2. The SMILES string of the molecule is COc1ccc(-c2ccc(C(=O)NC[C@@H](N)C(=O)O)o2)cc1. The van der Waals surface area contributed by atoms with Crippen LogP contribution in [0.3, 0.4) is 0 Å². The highest BCUT2D eigenvalue weighted by molar-refractivity contribution is 5.92. The van der Waals surface area contributed by atoms with Gasteiger partial charge in [-0.25, -0.2) is 0 Å². The Kier molecular flexibility index (Phi) is 4.80. The number of hydrogen-bond donors (Lipinski definition) is 3. The van der Waals surface area contributed by atoms with E-state index in [2.05, 4.69) is 5.32 Å². The quantitative estimate of drug-likeness (QED) is 0.736.